The van der Waals surface area contributed by atoms with Gasteiger partial charge in [0.1, 0.15) is 17.7 Å². The van der Waals surface area contributed by atoms with Crippen molar-refractivity contribution in [3.63, 3.8) is 0 Å². The lowest BCUT2D eigenvalue weighted by atomic mass is 10.1. The Morgan fingerprint density at radius 1 is 1.47 bits per heavy atom. The van der Waals surface area contributed by atoms with E-state index >= 15 is 0 Å². The first kappa shape index (κ1) is 13.5. The smallest absolute Gasteiger partial charge is 0.239 e. The van der Waals surface area contributed by atoms with E-state index in [9.17, 15) is 13.6 Å². The maximum Gasteiger partial charge on any atom is 0.239 e. The molecule has 0 radical (unpaired) electrons. The number of nitrogens with two attached hydrogens (primary N) is 1. The average molecular weight is 244 g/mol. The summed E-state index contributed by atoms with van der Waals surface area (Å²) in [6, 6.07) is 2.14. The summed E-state index contributed by atoms with van der Waals surface area (Å²) in [6.07, 6.45) is 0.160. The van der Waals surface area contributed by atoms with Crippen LogP contribution in [0, 0.1) is 11.6 Å². The molecule has 6 heteroatoms. The Hall–Kier alpha value is -1.53. The minimum absolute atomic E-state index is 0.132. The van der Waals surface area contributed by atoms with Crippen LogP contribution >= 0.6 is 0 Å². The fourth-order valence-corrected chi connectivity index (χ4v) is 1.27. The van der Waals surface area contributed by atoms with Gasteiger partial charge < -0.3 is 16.2 Å². The maximum atomic E-state index is 13.2. The van der Waals surface area contributed by atoms with Gasteiger partial charge in [0.15, 0.2) is 0 Å². The van der Waals surface area contributed by atoms with Crippen molar-refractivity contribution in [1.82, 2.24) is 5.32 Å². The van der Waals surface area contributed by atoms with Gasteiger partial charge in [-0.15, -0.1) is 0 Å². The molecule has 4 nitrogen and oxygen atoms in total. The van der Waals surface area contributed by atoms with E-state index in [1.807, 2.05) is 0 Å². The standard InChI is InChI=1S/C11H14F2N2O2/c12-8-1-2-9(13)7(5-8)3-4-15-11(17)10(14)6-16/h1-2,5,10,16H,3-4,6,14H2,(H,15,17). The van der Waals surface area contributed by atoms with Crippen LogP contribution in [0.25, 0.3) is 0 Å². The van der Waals surface area contributed by atoms with Gasteiger partial charge >= 0.3 is 0 Å². The van der Waals surface area contributed by atoms with Gasteiger partial charge in [-0.05, 0) is 30.2 Å². The number of aliphatic hydroxyl groups is 1. The minimum atomic E-state index is -0.993. The van der Waals surface area contributed by atoms with Crippen molar-refractivity contribution in [3.05, 3.63) is 35.4 Å². The van der Waals surface area contributed by atoms with E-state index in [-0.39, 0.29) is 18.5 Å². The average Bonchev–Trinajstić information content (AvgIpc) is 2.32. The SMILES string of the molecule is NC(CO)C(=O)NCCc1cc(F)ccc1F. The molecule has 0 aliphatic rings. The fourth-order valence-electron chi connectivity index (χ4n) is 1.27. The molecule has 0 aliphatic heterocycles. The highest BCUT2D eigenvalue weighted by atomic mass is 19.1. The van der Waals surface area contributed by atoms with Gasteiger partial charge in [-0.3, -0.25) is 4.79 Å². The third-order valence-electron chi connectivity index (χ3n) is 2.23. The Morgan fingerprint density at radius 3 is 2.82 bits per heavy atom. The first-order valence-electron chi connectivity index (χ1n) is 5.12. The van der Waals surface area contributed by atoms with Crippen LogP contribution in [-0.2, 0) is 11.2 Å². The number of aliphatic hydroxyl groups excluding tert-OH is 1. The second-order valence-corrected chi connectivity index (χ2v) is 3.57. The quantitative estimate of drug-likeness (QED) is 0.679. The molecule has 0 aromatic heterocycles. The van der Waals surface area contributed by atoms with Gasteiger partial charge in [0, 0.05) is 6.54 Å². The Bertz CT molecular complexity index is 399. The van der Waals surface area contributed by atoms with E-state index in [1.54, 1.807) is 0 Å². The number of hydrogen-bond donors (Lipinski definition) is 3. The van der Waals surface area contributed by atoms with Crippen molar-refractivity contribution >= 4 is 5.91 Å². The molecule has 1 unspecified atom stereocenters. The first-order chi connectivity index (χ1) is 8.04. The van der Waals surface area contributed by atoms with E-state index < -0.39 is 30.2 Å². The lowest BCUT2D eigenvalue weighted by molar-refractivity contribution is -0.123. The molecule has 94 valence electrons. The van der Waals surface area contributed by atoms with Crippen LogP contribution < -0.4 is 11.1 Å². The molecule has 0 bridgehead atoms. The highest BCUT2D eigenvalue weighted by Crippen LogP contribution is 2.09. The van der Waals surface area contributed by atoms with Crippen molar-refractivity contribution in [2.24, 2.45) is 5.73 Å². The summed E-state index contributed by atoms with van der Waals surface area (Å²) in [6.45, 7) is -0.326. The summed E-state index contributed by atoms with van der Waals surface area (Å²) in [7, 11) is 0. The zero-order chi connectivity index (χ0) is 12.8. The van der Waals surface area contributed by atoms with Crippen molar-refractivity contribution in [3.8, 4) is 0 Å². The van der Waals surface area contributed by atoms with Crippen LogP contribution in [0.2, 0.25) is 0 Å². The van der Waals surface area contributed by atoms with E-state index in [1.165, 1.54) is 0 Å². The Labute approximate surface area is 97.4 Å². The van der Waals surface area contributed by atoms with Crippen molar-refractivity contribution in [1.29, 1.82) is 0 Å². The molecule has 17 heavy (non-hydrogen) atoms. The monoisotopic (exact) mass is 244 g/mol. The molecule has 0 aliphatic carbocycles. The van der Waals surface area contributed by atoms with Crippen LogP contribution in [0.4, 0.5) is 8.78 Å². The number of amides is 1. The minimum Gasteiger partial charge on any atom is -0.394 e. The summed E-state index contributed by atoms with van der Waals surface area (Å²) in [4.78, 5) is 11.2. The van der Waals surface area contributed by atoms with Gasteiger partial charge in [-0.1, -0.05) is 0 Å². The Kier molecular flexibility index (Phi) is 4.99. The van der Waals surface area contributed by atoms with Crippen LogP contribution in [0.15, 0.2) is 18.2 Å². The van der Waals surface area contributed by atoms with Crippen molar-refractivity contribution < 1.29 is 18.7 Å². The molecule has 1 rings (SSSR count). The van der Waals surface area contributed by atoms with Gasteiger partial charge in [-0.2, -0.15) is 0 Å². The Balaban J connectivity index is 2.46. The van der Waals surface area contributed by atoms with Crippen molar-refractivity contribution in [2.75, 3.05) is 13.2 Å². The second kappa shape index (κ2) is 6.27. The zero-order valence-electron chi connectivity index (χ0n) is 9.12. The molecule has 4 N–H and O–H groups in total. The molecule has 0 heterocycles. The number of carbonyl (C=O) groups is 1. The van der Waals surface area contributed by atoms with Crippen molar-refractivity contribution in [2.45, 2.75) is 12.5 Å². The van der Waals surface area contributed by atoms with E-state index in [4.69, 9.17) is 10.8 Å². The first-order valence-corrected chi connectivity index (χ1v) is 5.12. The molecule has 1 atom stereocenters. The molecule has 0 saturated heterocycles. The number of nitrogens with one attached hydrogen (secondary N) is 1. The molecule has 0 saturated carbocycles. The lowest BCUT2D eigenvalue weighted by Crippen LogP contribution is -2.43. The summed E-state index contributed by atoms with van der Waals surface area (Å²) in [5, 5.41) is 11.0. The lowest BCUT2D eigenvalue weighted by Gasteiger charge is -2.09. The Morgan fingerprint density at radius 2 is 2.18 bits per heavy atom. The third-order valence-corrected chi connectivity index (χ3v) is 2.23. The van der Waals surface area contributed by atoms with E-state index in [0.717, 1.165) is 18.2 Å². The third kappa shape index (κ3) is 4.08. The van der Waals surface area contributed by atoms with Gasteiger partial charge in [0.05, 0.1) is 6.61 Å². The number of hydrogen-bond acceptors (Lipinski definition) is 3. The molecule has 0 fully saturated rings. The molecular formula is C11H14F2N2O2. The predicted molar refractivity (Wildman–Crippen MR) is 58.1 cm³/mol. The molecule has 1 aromatic carbocycles. The fraction of sp³-hybridized carbons (Fsp3) is 0.364. The van der Waals surface area contributed by atoms with Crippen LogP contribution in [0.5, 0.6) is 0 Å². The number of halogens is 2. The van der Waals surface area contributed by atoms with Crippen LogP contribution in [0.3, 0.4) is 0 Å². The molecular weight excluding hydrogens is 230 g/mol. The highest BCUT2D eigenvalue weighted by Gasteiger charge is 2.11. The maximum absolute atomic E-state index is 13.2. The van der Waals surface area contributed by atoms with E-state index in [2.05, 4.69) is 5.32 Å². The van der Waals surface area contributed by atoms with Crippen LogP contribution in [-0.4, -0.2) is 30.2 Å². The summed E-state index contributed by atoms with van der Waals surface area (Å²) in [5.41, 5.74) is 5.44. The van der Waals surface area contributed by atoms with Gasteiger partial charge in [-0.25, -0.2) is 8.78 Å². The molecule has 1 aromatic rings. The summed E-state index contributed by atoms with van der Waals surface area (Å²) in [5.74, 6) is -1.57. The topological polar surface area (TPSA) is 75.3 Å². The largest absolute Gasteiger partial charge is 0.394 e. The molecule has 0 spiro atoms. The predicted octanol–water partition coefficient (Wildman–Crippen LogP) is -0.0569. The summed E-state index contributed by atoms with van der Waals surface area (Å²) < 4.78 is 26.0. The normalized spacial score (nSPS) is 12.2. The number of rotatable bonds is 5. The summed E-state index contributed by atoms with van der Waals surface area (Å²) >= 11 is 0. The second-order valence-electron chi connectivity index (χ2n) is 3.57. The zero-order valence-corrected chi connectivity index (χ0v) is 9.12. The number of benzene rings is 1. The van der Waals surface area contributed by atoms with Gasteiger partial charge in [0.2, 0.25) is 5.91 Å². The highest BCUT2D eigenvalue weighted by molar-refractivity contribution is 5.81. The van der Waals surface area contributed by atoms with E-state index in [0.29, 0.717) is 0 Å². The molecule has 1 amide bonds. The van der Waals surface area contributed by atoms with Crippen LogP contribution in [0.1, 0.15) is 5.56 Å². The number of carbonyl (C=O) groups excluding carboxylic acids is 1. The van der Waals surface area contributed by atoms with Gasteiger partial charge in [0.25, 0.3) is 0 Å².